The first-order chi connectivity index (χ1) is 21.0. The molecule has 14 nitrogen and oxygen atoms in total. The lowest BCUT2D eigenvalue weighted by Crippen LogP contribution is -2.59. The molecule has 0 amide bonds. The Hall–Kier alpha value is -4.07. The van der Waals surface area contributed by atoms with Crippen molar-refractivity contribution in [3.8, 4) is 0 Å². The van der Waals surface area contributed by atoms with Gasteiger partial charge in [-0.05, 0) is 6.92 Å². The molecule has 1 saturated carbocycles. The van der Waals surface area contributed by atoms with Crippen molar-refractivity contribution < 1.29 is 67.1 Å². The van der Waals surface area contributed by atoms with Crippen LogP contribution in [0.4, 0.5) is 0 Å². The fraction of sp³-hybridized carbons (Fsp3) is 0.656. The molecule has 0 aromatic carbocycles. The Morgan fingerprint density at radius 1 is 0.761 bits per heavy atom. The van der Waals surface area contributed by atoms with E-state index in [1.165, 1.54) is 26.0 Å². The van der Waals surface area contributed by atoms with Crippen LogP contribution in [0.3, 0.4) is 0 Å². The van der Waals surface area contributed by atoms with E-state index in [-0.39, 0.29) is 5.57 Å². The maximum absolute atomic E-state index is 14.5. The number of aliphatic hydroxyl groups is 1. The third kappa shape index (κ3) is 8.20. The number of fused-ring (bicyclic) bond motifs is 1. The number of ketones is 1. The Balaban J connectivity index is 3.16. The third-order valence-corrected chi connectivity index (χ3v) is 8.03. The molecule has 0 aromatic rings. The molecule has 0 aliphatic heterocycles. The van der Waals surface area contributed by atoms with Gasteiger partial charge >= 0.3 is 35.8 Å². The van der Waals surface area contributed by atoms with E-state index in [4.69, 9.17) is 28.4 Å². The lowest BCUT2D eigenvalue weighted by Gasteiger charge is -2.44. The van der Waals surface area contributed by atoms with Gasteiger partial charge in [0, 0.05) is 64.9 Å². The topological polar surface area (TPSA) is 195 Å². The first-order valence-electron chi connectivity index (χ1n) is 14.7. The maximum atomic E-state index is 14.5. The number of allylic oxidation sites excluding steroid dienone is 1. The summed E-state index contributed by atoms with van der Waals surface area (Å²) in [6, 6.07) is 0. The zero-order valence-corrected chi connectivity index (χ0v) is 27.9. The average molecular weight is 653 g/mol. The highest BCUT2D eigenvalue weighted by molar-refractivity contribution is 5.94. The minimum absolute atomic E-state index is 0.331. The SMILES string of the molecule is C=C1[C@@H](OC(C)=O)[C@H]2[C@@H](O)[C@](C)(OC(C)=O)C[C@]2(OC(C)=O)C(=O)[C@H](C)/C=C/C(C)(C)[C@H](OC(C)=O)[C@@H](OC(C)=O)[C@H]1OC(C)=O. The Morgan fingerprint density at radius 2 is 1.24 bits per heavy atom. The number of ether oxygens (including phenoxy) is 6. The van der Waals surface area contributed by atoms with Crippen molar-refractivity contribution >= 4 is 41.6 Å². The number of esters is 6. The largest absolute Gasteiger partial charge is 0.458 e. The first kappa shape index (κ1) is 38.1. The number of aliphatic hydroxyl groups excluding tert-OH is 1. The lowest BCUT2D eigenvalue weighted by atomic mass is 9.72. The minimum Gasteiger partial charge on any atom is -0.458 e. The first-order valence-corrected chi connectivity index (χ1v) is 14.7. The normalized spacial score (nSPS) is 34.8. The molecule has 0 heterocycles. The van der Waals surface area contributed by atoms with Gasteiger partial charge in [0.25, 0.3) is 0 Å². The summed E-state index contributed by atoms with van der Waals surface area (Å²) in [7, 11) is 0. The van der Waals surface area contributed by atoms with E-state index < -0.39 is 107 Å². The maximum Gasteiger partial charge on any atom is 0.303 e. The molecule has 0 radical (unpaired) electrons. The van der Waals surface area contributed by atoms with Crippen LogP contribution >= 0.6 is 0 Å². The predicted molar refractivity (Wildman–Crippen MR) is 157 cm³/mol. The van der Waals surface area contributed by atoms with Crippen LogP contribution in [-0.4, -0.2) is 88.4 Å². The number of carbonyl (C=O) groups is 7. The van der Waals surface area contributed by atoms with Gasteiger partial charge in [-0.1, -0.05) is 39.5 Å². The van der Waals surface area contributed by atoms with Crippen molar-refractivity contribution in [3.05, 3.63) is 24.3 Å². The second kappa shape index (κ2) is 14.1. The van der Waals surface area contributed by atoms with E-state index in [0.717, 1.165) is 41.5 Å². The van der Waals surface area contributed by atoms with Gasteiger partial charge in [0.15, 0.2) is 29.7 Å². The molecule has 0 bridgehead atoms. The third-order valence-electron chi connectivity index (χ3n) is 8.03. The van der Waals surface area contributed by atoms with Gasteiger partial charge in [0.2, 0.25) is 0 Å². The van der Waals surface area contributed by atoms with Crippen LogP contribution < -0.4 is 0 Å². The van der Waals surface area contributed by atoms with Crippen molar-refractivity contribution in [1.29, 1.82) is 0 Å². The van der Waals surface area contributed by atoms with Gasteiger partial charge in [-0.15, -0.1) is 0 Å². The summed E-state index contributed by atoms with van der Waals surface area (Å²) in [5.41, 5.74) is -5.76. The molecule has 0 saturated heterocycles. The van der Waals surface area contributed by atoms with E-state index in [9.17, 15) is 38.7 Å². The Kier molecular flexibility index (Phi) is 11.7. The van der Waals surface area contributed by atoms with Gasteiger partial charge in [0.1, 0.15) is 17.8 Å². The van der Waals surface area contributed by atoms with Crippen LogP contribution in [-0.2, 0) is 62.0 Å². The van der Waals surface area contributed by atoms with Gasteiger partial charge in [-0.3, -0.25) is 33.6 Å². The molecular formula is C32H44O14. The highest BCUT2D eigenvalue weighted by Crippen LogP contribution is 2.53. The smallest absolute Gasteiger partial charge is 0.303 e. The van der Waals surface area contributed by atoms with Crippen molar-refractivity contribution in [2.45, 2.75) is 117 Å². The minimum atomic E-state index is -2.31. The second-order valence-corrected chi connectivity index (χ2v) is 12.6. The summed E-state index contributed by atoms with van der Waals surface area (Å²) in [5, 5.41) is 11.9. The van der Waals surface area contributed by atoms with Gasteiger partial charge < -0.3 is 33.5 Å². The molecule has 2 rings (SSSR count). The van der Waals surface area contributed by atoms with Crippen molar-refractivity contribution in [2.75, 3.05) is 0 Å². The van der Waals surface area contributed by atoms with Crippen LogP contribution in [0.25, 0.3) is 0 Å². The summed E-state index contributed by atoms with van der Waals surface area (Å²) in [6.07, 6.45) is -6.01. The zero-order chi connectivity index (χ0) is 35.5. The Bertz CT molecular complexity index is 1310. The highest BCUT2D eigenvalue weighted by atomic mass is 16.6. The molecular weight excluding hydrogens is 608 g/mol. The van der Waals surface area contributed by atoms with E-state index in [1.807, 2.05) is 0 Å². The molecule has 1 N–H and O–H groups in total. The number of hydrogen-bond acceptors (Lipinski definition) is 14. The van der Waals surface area contributed by atoms with E-state index in [2.05, 4.69) is 6.58 Å². The molecule has 256 valence electrons. The van der Waals surface area contributed by atoms with Gasteiger partial charge in [0.05, 0.1) is 5.92 Å². The number of rotatable bonds is 6. The quantitative estimate of drug-likeness (QED) is 0.249. The predicted octanol–water partition coefficient (Wildman–Crippen LogP) is 2.08. The molecule has 46 heavy (non-hydrogen) atoms. The summed E-state index contributed by atoms with van der Waals surface area (Å²) in [4.78, 5) is 89.4. The standard InChI is InChI=1S/C32H44O14/c1-15-12-13-30(9,10)29(44-20(6)36)26(43-19(5)35)25(42-18(4)34)16(2)24(41-17(3)33)23-28(40)31(11,45-21(7)37)14-32(23,27(15)39)46-22(8)38/h12-13,15,23-26,28-29,40H,2,14H2,1,3-11H3/b13-12+/t15-,23+,24-,25+,26+,28-,29-,31-,32-/m1/s1. The lowest BCUT2D eigenvalue weighted by molar-refractivity contribution is -0.193. The highest BCUT2D eigenvalue weighted by Gasteiger charge is 2.70. The van der Waals surface area contributed by atoms with Crippen LogP contribution in [0.5, 0.6) is 0 Å². The molecule has 14 heteroatoms. The fourth-order valence-electron chi connectivity index (χ4n) is 6.38. The van der Waals surface area contributed by atoms with E-state index in [1.54, 1.807) is 13.8 Å². The molecule has 9 atom stereocenters. The Morgan fingerprint density at radius 3 is 1.70 bits per heavy atom. The van der Waals surface area contributed by atoms with Crippen molar-refractivity contribution in [3.63, 3.8) is 0 Å². The molecule has 2 aliphatic carbocycles. The summed E-state index contributed by atoms with van der Waals surface area (Å²) < 4.78 is 33.8. The number of carbonyl (C=O) groups excluding carboxylic acids is 7. The molecule has 1 fully saturated rings. The zero-order valence-electron chi connectivity index (χ0n) is 27.9. The van der Waals surface area contributed by atoms with Crippen LogP contribution in [0.1, 0.15) is 75.7 Å². The summed E-state index contributed by atoms with van der Waals surface area (Å²) >= 11 is 0. The van der Waals surface area contributed by atoms with Crippen LogP contribution in [0.2, 0.25) is 0 Å². The van der Waals surface area contributed by atoms with Crippen molar-refractivity contribution in [1.82, 2.24) is 0 Å². The molecule has 2 aliphatic rings. The van der Waals surface area contributed by atoms with E-state index >= 15 is 0 Å². The van der Waals surface area contributed by atoms with Gasteiger partial charge in [-0.2, -0.15) is 0 Å². The summed E-state index contributed by atoms with van der Waals surface area (Å²) in [6.45, 7) is 16.4. The monoisotopic (exact) mass is 652 g/mol. The summed E-state index contributed by atoms with van der Waals surface area (Å²) in [5.74, 6) is -8.86. The molecule has 0 spiro atoms. The fourth-order valence-corrected chi connectivity index (χ4v) is 6.38. The van der Waals surface area contributed by atoms with Crippen LogP contribution in [0, 0.1) is 17.3 Å². The van der Waals surface area contributed by atoms with E-state index in [0.29, 0.717) is 0 Å². The number of Topliss-reactive ketones (excluding diaryl/α,β-unsaturated/α-hetero) is 1. The average Bonchev–Trinajstić information content (AvgIpc) is 3.09. The number of hydrogen-bond donors (Lipinski definition) is 1. The van der Waals surface area contributed by atoms with Gasteiger partial charge in [-0.25, -0.2) is 0 Å². The van der Waals surface area contributed by atoms with Crippen LogP contribution in [0.15, 0.2) is 24.3 Å². The van der Waals surface area contributed by atoms with Crippen molar-refractivity contribution in [2.24, 2.45) is 17.3 Å². The molecule has 0 aromatic heterocycles. The second-order valence-electron chi connectivity index (χ2n) is 12.6. The molecule has 0 unspecified atom stereocenters. The Labute approximate surface area is 267 Å².